The van der Waals surface area contributed by atoms with Gasteiger partial charge < -0.3 is 9.84 Å². The molecule has 6 nitrogen and oxygen atoms in total. The minimum atomic E-state index is -3.58. The lowest BCUT2D eigenvalue weighted by atomic mass is 9.99. The molecule has 34 heavy (non-hydrogen) atoms. The third-order valence-electron chi connectivity index (χ3n) is 6.76. The number of piperidine rings is 1. The lowest BCUT2D eigenvalue weighted by Crippen LogP contribution is -2.39. The Balaban J connectivity index is 1.24. The first kappa shape index (κ1) is 22.8. The van der Waals surface area contributed by atoms with Crippen LogP contribution in [0.5, 0.6) is 5.75 Å². The zero-order valence-electron chi connectivity index (χ0n) is 18.6. The van der Waals surface area contributed by atoms with Crippen LogP contribution in [0.2, 0.25) is 0 Å². The molecule has 1 aliphatic carbocycles. The predicted molar refractivity (Wildman–Crippen MR) is 126 cm³/mol. The number of sulfonamides is 1. The van der Waals surface area contributed by atoms with Crippen molar-refractivity contribution in [2.45, 2.75) is 36.5 Å². The second kappa shape index (κ2) is 9.00. The van der Waals surface area contributed by atoms with Crippen LogP contribution in [0, 0.1) is 11.7 Å². The molecule has 0 atom stereocenters. The summed E-state index contributed by atoms with van der Waals surface area (Å²) in [5.74, 6) is -1.45. The first-order valence-electron chi connectivity index (χ1n) is 11.5. The Morgan fingerprint density at radius 1 is 1.00 bits per heavy atom. The van der Waals surface area contributed by atoms with Gasteiger partial charge in [0.2, 0.25) is 10.0 Å². The summed E-state index contributed by atoms with van der Waals surface area (Å²) in [6.07, 6.45) is 2.92. The van der Waals surface area contributed by atoms with E-state index in [1.54, 1.807) is 18.2 Å². The predicted octanol–water partition coefficient (Wildman–Crippen LogP) is 5.03. The van der Waals surface area contributed by atoms with E-state index in [9.17, 15) is 22.7 Å². The highest BCUT2D eigenvalue weighted by Crippen LogP contribution is 2.46. The van der Waals surface area contributed by atoms with Gasteiger partial charge in [0.05, 0.1) is 17.1 Å². The summed E-state index contributed by atoms with van der Waals surface area (Å²) in [5, 5.41) is 11.1. The quantitative estimate of drug-likeness (QED) is 0.509. The van der Waals surface area contributed by atoms with Crippen LogP contribution >= 0.6 is 0 Å². The molecule has 1 N–H and O–H groups in total. The normalized spacial score (nSPS) is 17.7. The SMILES string of the molecule is O=C(O)c1ccc(OCC2CCN(S(=O)(=O)c3ccc4ccccc4c3)CC2)c(C2CC2)c1F. The number of hydrogen-bond acceptors (Lipinski definition) is 4. The van der Waals surface area contributed by atoms with Gasteiger partial charge in [-0.2, -0.15) is 4.31 Å². The van der Waals surface area contributed by atoms with Crippen LogP contribution in [0.3, 0.4) is 0 Å². The average Bonchev–Trinajstić information content (AvgIpc) is 3.67. The van der Waals surface area contributed by atoms with Crippen LogP contribution < -0.4 is 4.74 Å². The maximum absolute atomic E-state index is 14.7. The fourth-order valence-corrected chi connectivity index (χ4v) is 6.13. The van der Waals surface area contributed by atoms with Gasteiger partial charge in [0, 0.05) is 18.7 Å². The number of rotatable bonds is 7. The van der Waals surface area contributed by atoms with Crippen molar-refractivity contribution in [3.63, 3.8) is 0 Å². The summed E-state index contributed by atoms with van der Waals surface area (Å²) in [4.78, 5) is 11.6. The smallest absolute Gasteiger partial charge is 0.338 e. The van der Waals surface area contributed by atoms with Gasteiger partial charge in [-0.25, -0.2) is 17.6 Å². The third kappa shape index (κ3) is 4.40. The number of fused-ring (bicyclic) bond motifs is 1. The number of aromatic carboxylic acids is 1. The molecule has 8 heteroatoms. The Hall–Kier alpha value is -2.97. The number of hydrogen-bond donors (Lipinski definition) is 1. The number of halogens is 1. The molecule has 2 aliphatic rings. The van der Waals surface area contributed by atoms with Crippen molar-refractivity contribution < 1.29 is 27.4 Å². The van der Waals surface area contributed by atoms with Gasteiger partial charge in [-0.15, -0.1) is 0 Å². The lowest BCUT2D eigenvalue weighted by molar-refractivity contribution is 0.0691. The Labute approximate surface area is 198 Å². The number of carboxylic acid groups (broad SMARTS) is 1. The first-order chi connectivity index (χ1) is 16.3. The topological polar surface area (TPSA) is 83.9 Å². The fourth-order valence-electron chi connectivity index (χ4n) is 4.62. The molecule has 0 bridgehead atoms. The van der Waals surface area contributed by atoms with Crippen LogP contribution in [0.4, 0.5) is 4.39 Å². The Kier molecular flexibility index (Phi) is 6.04. The molecule has 0 unspecified atom stereocenters. The number of ether oxygens (including phenoxy) is 1. The molecule has 178 valence electrons. The molecule has 0 amide bonds. The van der Waals surface area contributed by atoms with E-state index < -0.39 is 21.8 Å². The molecule has 5 rings (SSSR count). The zero-order chi connectivity index (χ0) is 23.9. The summed E-state index contributed by atoms with van der Waals surface area (Å²) in [7, 11) is -3.58. The molecule has 3 aromatic carbocycles. The highest BCUT2D eigenvalue weighted by molar-refractivity contribution is 7.89. The second-order valence-corrected chi connectivity index (χ2v) is 11.0. The molecule has 1 saturated carbocycles. The molecular weight excluding hydrogens is 457 g/mol. The van der Waals surface area contributed by atoms with Crippen molar-refractivity contribution in [1.82, 2.24) is 4.31 Å². The Bertz CT molecular complexity index is 1340. The van der Waals surface area contributed by atoms with E-state index in [4.69, 9.17) is 4.74 Å². The van der Waals surface area contributed by atoms with Crippen molar-refractivity contribution >= 4 is 26.8 Å². The minimum absolute atomic E-state index is 0.00300. The standard InChI is InChI=1S/C26H26FNO5S/c27-25-22(26(29)30)9-10-23(24(25)19-5-6-19)33-16-17-11-13-28(14-12-17)34(31,32)21-8-7-18-3-1-2-4-20(18)15-21/h1-4,7-10,15,17,19H,5-6,11-14,16H2,(H,29,30). The maximum atomic E-state index is 14.7. The number of benzene rings is 3. The van der Waals surface area contributed by atoms with Gasteiger partial charge in [-0.3, -0.25) is 0 Å². The van der Waals surface area contributed by atoms with Crippen LogP contribution in [0.1, 0.15) is 47.5 Å². The number of nitrogens with zero attached hydrogens (tertiary/aromatic N) is 1. The summed E-state index contributed by atoms with van der Waals surface area (Å²) in [6.45, 7) is 1.13. The van der Waals surface area contributed by atoms with Gasteiger partial charge in [-0.05, 0) is 72.6 Å². The summed E-state index contributed by atoms with van der Waals surface area (Å²) < 4.78 is 48.6. The van der Waals surface area contributed by atoms with Gasteiger partial charge in [0.25, 0.3) is 0 Å². The lowest BCUT2D eigenvalue weighted by Gasteiger charge is -2.31. The maximum Gasteiger partial charge on any atom is 0.338 e. The van der Waals surface area contributed by atoms with Gasteiger partial charge in [0.1, 0.15) is 11.6 Å². The molecule has 0 spiro atoms. The zero-order valence-corrected chi connectivity index (χ0v) is 19.4. The Morgan fingerprint density at radius 3 is 2.38 bits per heavy atom. The molecule has 1 saturated heterocycles. The van der Waals surface area contributed by atoms with E-state index in [0.717, 1.165) is 23.6 Å². The van der Waals surface area contributed by atoms with E-state index in [-0.39, 0.29) is 17.4 Å². The third-order valence-corrected chi connectivity index (χ3v) is 8.66. The molecule has 0 radical (unpaired) electrons. The average molecular weight is 484 g/mol. The van der Waals surface area contributed by atoms with Gasteiger partial charge in [0.15, 0.2) is 0 Å². The summed E-state index contributed by atoms with van der Waals surface area (Å²) >= 11 is 0. The van der Waals surface area contributed by atoms with E-state index >= 15 is 0 Å². The Morgan fingerprint density at radius 2 is 1.71 bits per heavy atom. The minimum Gasteiger partial charge on any atom is -0.493 e. The van der Waals surface area contributed by atoms with Crippen molar-refractivity contribution in [2.24, 2.45) is 5.92 Å². The molecule has 1 heterocycles. The second-order valence-electron chi connectivity index (χ2n) is 9.09. The van der Waals surface area contributed by atoms with Gasteiger partial charge in [-0.1, -0.05) is 30.3 Å². The van der Waals surface area contributed by atoms with Crippen LogP contribution in [0.25, 0.3) is 10.8 Å². The highest BCUT2D eigenvalue weighted by atomic mass is 32.2. The van der Waals surface area contributed by atoms with E-state index in [0.29, 0.717) is 48.7 Å². The molecule has 0 aromatic heterocycles. The molecule has 3 aromatic rings. The largest absolute Gasteiger partial charge is 0.493 e. The number of carboxylic acids is 1. The van der Waals surface area contributed by atoms with Crippen LogP contribution in [-0.2, 0) is 10.0 Å². The summed E-state index contributed by atoms with van der Waals surface area (Å²) in [6, 6.07) is 15.7. The van der Waals surface area contributed by atoms with E-state index in [1.807, 2.05) is 30.3 Å². The number of carbonyl (C=O) groups is 1. The van der Waals surface area contributed by atoms with Crippen LogP contribution in [-0.4, -0.2) is 43.5 Å². The van der Waals surface area contributed by atoms with Crippen molar-refractivity contribution in [2.75, 3.05) is 19.7 Å². The van der Waals surface area contributed by atoms with Crippen molar-refractivity contribution in [3.05, 3.63) is 71.5 Å². The molecule has 1 aliphatic heterocycles. The van der Waals surface area contributed by atoms with Crippen molar-refractivity contribution in [1.29, 1.82) is 0 Å². The van der Waals surface area contributed by atoms with Crippen LogP contribution in [0.15, 0.2) is 59.5 Å². The molecule has 2 fully saturated rings. The monoisotopic (exact) mass is 483 g/mol. The van der Waals surface area contributed by atoms with E-state index in [2.05, 4.69) is 0 Å². The van der Waals surface area contributed by atoms with Gasteiger partial charge >= 0.3 is 5.97 Å². The summed E-state index contributed by atoms with van der Waals surface area (Å²) in [5.41, 5.74) is 0.0256. The fraction of sp³-hybridized carbons (Fsp3) is 0.346. The van der Waals surface area contributed by atoms with Crippen molar-refractivity contribution in [3.8, 4) is 5.75 Å². The van der Waals surface area contributed by atoms with E-state index in [1.165, 1.54) is 10.4 Å². The first-order valence-corrected chi connectivity index (χ1v) is 13.0. The highest BCUT2D eigenvalue weighted by Gasteiger charge is 2.33. The molecular formula is C26H26FNO5S.